The minimum absolute atomic E-state index is 0.214. The number of hydrogen-bond donors (Lipinski definition) is 1. The highest BCUT2D eigenvalue weighted by Crippen LogP contribution is 2.14. The van der Waals surface area contributed by atoms with Crippen LogP contribution in [0, 0.1) is 0 Å². The second kappa shape index (κ2) is 5.19. The fourth-order valence-corrected chi connectivity index (χ4v) is 1.64. The van der Waals surface area contributed by atoms with E-state index in [0.717, 1.165) is 17.3 Å². The first kappa shape index (κ1) is 11.2. The molecule has 16 heavy (non-hydrogen) atoms. The number of furan rings is 1. The van der Waals surface area contributed by atoms with Crippen molar-refractivity contribution in [3.8, 4) is 0 Å². The van der Waals surface area contributed by atoms with Gasteiger partial charge in [0.1, 0.15) is 5.76 Å². The molecule has 0 radical (unpaired) electrons. The van der Waals surface area contributed by atoms with Gasteiger partial charge >= 0.3 is 0 Å². The molecule has 1 atom stereocenters. The van der Waals surface area contributed by atoms with Crippen molar-refractivity contribution in [2.45, 2.75) is 19.5 Å². The lowest BCUT2D eigenvalue weighted by Crippen LogP contribution is -2.17. The van der Waals surface area contributed by atoms with Crippen LogP contribution in [0.1, 0.15) is 24.3 Å². The second-order valence-electron chi connectivity index (χ2n) is 3.74. The molecule has 0 fully saturated rings. The highest BCUT2D eigenvalue weighted by Gasteiger charge is 2.06. The Morgan fingerprint density at radius 2 is 2.00 bits per heavy atom. The Bertz CT molecular complexity index is 422. The van der Waals surface area contributed by atoms with Crippen molar-refractivity contribution < 1.29 is 4.42 Å². The van der Waals surface area contributed by atoms with E-state index in [4.69, 9.17) is 16.0 Å². The monoisotopic (exact) mass is 235 g/mol. The van der Waals surface area contributed by atoms with Crippen LogP contribution in [0.2, 0.25) is 5.02 Å². The third-order valence-corrected chi connectivity index (χ3v) is 2.75. The van der Waals surface area contributed by atoms with E-state index in [1.165, 1.54) is 5.56 Å². The lowest BCUT2D eigenvalue weighted by molar-refractivity contribution is 0.430. The summed E-state index contributed by atoms with van der Waals surface area (Å²) in [6.07, 6.45) is 1.69. The van der Waals surface area contributed by atoms with Crippen molar-refractivity contribution in [2.24, 2.45) is 0 Å². The number of nitrogens with one attached hydrogen (secondary N) is 1. The van der Waals surface area contributed by atoms with Crippen LogP contribution in [-0.4, -0.2) is 0 Å². The quantitative estimate of drug-likeness (QED) is 0.873. The van der Waals surface area contributed by atoms with Crippen molar-refractivity contribution in [1.29, 1.82) is 0 Å². The maximum absolute atomic E-state index is 5.82. The predicted molar refractivity (Wildman–Crippen MR) is 65.4 cm³/mol. The average molecular weight is 236 g/mol. The maximum atomic E-state index is 5.82. The molecule has 0 aliphatic rings. The Hall–Kier alpha value is -1.25. The Morgan fingerprint density at radius 1 is 1.25 bits per heavy atom. The molecule has 0 spiro atoms. The van der Waals surface area contributed by atoms with Crippen LogP contribution < -0.4 is 5.32 Å². The molecular weight excluding hydrogens is 222 g/mol. The van der Waals surface area contributed by atoms with Crippen LogP contribution in [0.4, 0.5) is 0 Å². The number of hydrogen-bond acceptors (Lipinski definition) is 2. The third kappa shape index (κ3) is 2.87. The number of benzene rings is 1. The lowest BCUT2D eigenvalue weighted by Gasteiger charge is -2.11. The Kier molecular flexibility index (Phi) is 3.65. The summed E-state index contributed by atoms with van der Waals surface area (Å²) < 4.78 is 5.32. The molecule has 2 rings (SSSR count). The molecule has 2 aromatic rings. The first-order chi connectivity index (χ1) is 7.75. The van der Waals surface area contributed by atoms with Gasteiger partial charge in [-0.1, -0.05) is 23.7 Å². The van der Waals surface area contributed by atoms with Gasteiger partial charge in [-0.3, -0.25) is 0 Å². The fraction of sp³-hybridized carbons (Fsp3) is 0.231. The SMILES string of the molecule is CC(NCc1ccc(Cl)cc1)c1ccco1. The van der Waals surface area contributed by atoms with E-state index in [2.05, 4.69) is 12.2 Å². The zero-order valence-electron chi connectivity index (χ0n) is 9.11. The van der Waals surface area contributed by atoms with Crippen LogP contribution >= 0.6 is 11.6 Å². The zero-order valence-corrected chi connectivity index (χ0v) is 9.87. The Labute approximate surface area is 100 Å². The van der Waals surface area contributed by atoms with Gasteiger partial charge in [-0.15, -0.1) is 0 Å². The molecule has 1 unspecified atom stereocenters. The summed E-state index contributed by atoms with van der Waals surface area (Å²) in [6, 6.07) is 11.9. The summed E-state index contributed by atoms with van der Waals surface area (Å²) in [7, 11) is 0. The standard InChI is InChI=1S/C13H14ClNO/c1-10(13-3-2-8-16-13)15-9-11-4-6-12(14)7-5-11/h2-8,10,15H,9H2,1H3. The highest BCUT2D eigenvalue weighted by molar-refractivity contribution is 6.30. The van der Waals surface area contributed by atoms with Gasteiger partial charge in [-0.05, 0) is 36.8 Å². The van der Waals surface area contributed by atoms with E-state index in [1.807, 2.05) is 36.4 Å². The molecule has 84 valence electrons. The highest BCUT2D eigenvalue weighted by atomic mass is 35.5. The van der Waals surface area contributed by atoms with E-state index >= 15 is 0 Å². The van der Waals surface area contributed by atoms with Crippen LogP contribution in [0.15, 0.2) is 47.1 Å². The smallest absolute Gasteiger partial charge is 0.120 e. The number of rotatable bonds is 4. The third-order valence-electron chi connectivity index (χ3n) is 2.50. The van der Waals surface area contributed by atoms with Crippen molar-refractivity contribution in [1.82, 2.24) is 5.32 Å². The van der Waals surface area contributed by atoms with Gasteiger partial charge in [-0.25, -0.2) is 0 Å². The largest absolute Gasteiger partial charge is 0.468 e. The summed E-state index contributed by atoms with van der Waals surface area (Å²) in [5.74, 6) is 0.953. The molecule has 0 saturated heterocycles. The summed E-state index contributed by atoms with van der Waals surface area (Å²) in [4.78, 5) is 0. The first-order valence-electron chi connectivity index (χ1n) is 5.27. The van der Waals surface area contributed by atoms with E-state index in [-0.39, 0.29) is 6.04 Å². The van der Waals surface area contributed by atoms with E-state index < -0.39 is 0 Å². The topological polar surface area (TPSA) is 25.2 Å². The normalized spacial score (nSPS) is 12.6. The van der Waals surface area contributed by atoms with Gasteiger partial charge in [0, 0.05) is 11.6 Å². The predicted octanol–water partition coefficient (Wildman–Crippen LogP) is 3.78. The molecule has 0 amide bonds. The molecule has 1 heterocycles. The minimum atomic E-state index is 0.214. The van der Waals surface area contributed by atoms with Gasteiger partial charge < -0.3 is 9.73 Å². The summed E-state index contributed by atoms with van der Waals surface area (Å²) in [5.41, 5.74) is 1.21. The van der Waals surface area contributed by atoms with E-state index in [1.54, 1.807) is 6.26 Å². The van der Waals surface area contributed by atoms with Gasteiger partial charge in [0.05, 0.1) is 12.3 Å². The lowest BCUT2D eigenvalue weighted by atomic mass is 10.2. The van der Waals surface area contributed by atoms with E-state index in [0.29, 0.717) is 0 Å². The van der Waals surface area contributed by atoms with Gasteiger partial charge in [0.2, 0.25) is 0 Å². The molecule has 1 aromatic heterocycles. The van der Waals surface area contributed by atoms with Crippen LogP contribution in [0.25, 0.3) is 0 Å². The van der Waals surface area contributed by atoms with Gasteiger partial charge in [-0.2, -0.15) is 0 Å². The first-order valence-corrected chi connectivity index (χ1v) is 5.65. The van der Waals surface area contributed by atoms with Crippen LogP contribution in [0.5, 0.6) is 0 Å². The van der Waals surface area contributed by atoms with Crippen molar-refractivity contribution in [3.05, 3.63) is 59.0 Å². The molecular formula is C13H14ClNO. The second-order valence-corrected chi connectivity index (χ2v) is 4.18. The maximum Gasteiger partial charge on any atom is 0.120 e. The van der Waals surface area contributed by atoms with Crippen LogP contribution in [-0.2, 0) is 6.54 Å². The van der Waals surface area contributed by atoms with Crippen LogP contribution in [0.3, 0.4) is 0 Å². The van der Waals surface area contributed by atoms with Gasteiger partial charge in [0.15, 0.2) is 0 Å². The summed E-state index contributed by atoms with van der Waals surface area (Å²) in [6.45, 7) is 2.88. The van der Waals surface area contributed by atoms with Gasteiger partial charge in [0.25, 0.3) is 0 Å². The molecule has 1 N–H and O–H groups in total. The molecule has 1 aromatic carbocycles. The molecule has 0 bridgehead atoms. The minimum Gasteiger partial charge on any atom is -0.468 e. The van der Waals surface area contributed by atoms with Crippen molar-refractivity contribution in [2.75, 3.05) is 0 Å². The van der Waals surface area contributed by atoms with E-state index in [9.17, 15) is 0 Å². The molecule has 2 nitrogen and oxygen atoms in total. The summed E-state index contributed by atoms with van der Waals surface area (Å²) >= 11 is 5.82. The molecule has 3 heteroatoms. The molecule has 0 aliphatic heterocycles. The summed E-state index contributed by atoms with van der Waals surface area (Å²) in [5, 5.41) is 4.15. The average Bonchev–Trinajstić information content (AvgIpc) is 2.81. The number of halogens is 1. The molecule has 0 aliphatic carbocycles. The zero-order chi connectivity index (χ0) is 11.4. The Balaban J connectivity index is 1.90. The Morgan fingerprint density at radius 3 is 2.62 bits per heavy atom. The van der Waals surface area contributed by atoms with Crippen molar-refractivity contribution >= 4 is 11.6 Å². The van der Waals surface area contributed by atoms with Crippen molar-refractivity contribution in [3.63, 3.8) is 0 Å². The fourth-order valence-electron chi connectivity index (χ4n) is 1.51. The molecule has 0 saturated carbocycles.